The molecular weight excluding hydrogens is 214 g/mol. The molecule has 2 N–H and O–H groups in total. The van der Waals surface area contributed by atoms with E-state index in [0.717, 1.165) is 30.9 Å². The van der Waals surface area contributed by atoms with Gasteiger partial charge in [-0.25, -0.2) is 4.98 Å². The van der Waals surface area contributed by atoms with Crippen LogP contribution in [0, 0.1) is 6.92 Å². The van der Waals surface area contributed by atoms with Crippen LogP contribution in [0.3, 0.4) is 0 Å². The van der Waals surface area contributed by atoms with E-state index >= 15 is 0 Å². The number of likely N-dealkylation sites (N-methyl/N-ethyl adjacent to an activating group) is 1. The number of hydrogen-bond acceptors (Lipinski definition) is 4. The van der Waals surface area contributed by atoms with Gasteiger partial charge in [0.05, 0.1) is 0 Å². The van der Waals surface area contributed by atoms with Crippen LogP contribution in [-0.2, 0) is 6.54 Å². The third-order valence-corrected chi connectivity index (χ3v) is 2.94. The van der Waals surface area contributed by atoms with Gasteiger partial charge in [0, 0.05) is 24.8 Å². The summed E-state index contributed by atoms with van der Waals surface area (Å²) in [6.45, 7) is 10.5. The Kier molecular flexibility index (Phi) is 5.94. The van der Waals surface area contributed by atoms with Crippen molar-refractivity contribution >= 4 is 0 Å². The molecule has 0 aliphatic rings. The largest absolute Gasteiger partial charge is 0.476 e. The highest BCUT2D eigenvalue weighted by atomic mass is 16.5. The van der Waals surface area contributed by atoms with Crippen molar-refractivity contribution in [1.29, 1.82) is 0 Å². The molecule has 0 bridgehead atoms. The van der Waals surface area contributed by atoms with E-state index in [1.165, 1.54) is 0 Å². The van der Waals surface area contributed by atoms with Crippen LogP contribution in [0.4, 0.5) is 0 Å². The average molecular weight is 237 g/mol. The molecule has 0 spiro atoms. The van der Waals surface area contributed by atoms with Crippen molar-refractivity contribution in [2.75, 3.05) is 26.2 Å². The van der Waals surface area contributed by atoms with E-state index in [2.05, 4.69) is 23.7 Å². The second kappa shape index (κ2) is 7.25. The van der Waals surface area contributed by atoms with Gasteiger partial charge in [0.15, 0.2) is 0 Å². The zero-order chi connectivity index (χ0) is 12.7. The number of hydrogen-bond donors (Lipinski definition) is 1. The van der Waals surface area contributed by atoms with E-state index in [1.807, 2.05) is 19.1 Å². The first-order valence-electron chi connectivity index (χ1n) is 6.23. The minimum Gasteiger partial charge on any atom is -0.476 e. The molecule has 4 heteroatoms. The first-order chi connectivity index (χ1) is 8.21. The average Bonchev–Trinajstić information content (AvgIpc) is 2.35. The highest BCUT2D eigenvalue weighted by molar-refractivity contribution is 5.24. The summed E-state index contributed by atoms with van der Waals surface area (Å²) in [6, 6.07) is 3.87. The maximum absolute atomic E-state index is 5.63. The van der Waals surface area contributed by atoms with Crippen molar-refractivity contribution in [2.45, 2.75) is 27.3 Å². The predicted molar refractivity (Wildman–Crippen MR) is 70.1 cm³/mol. The lowest BCUT2D eigenvalue weighted by molar-refractivity contribution is 0.217. The lowest BCUT2D eigenvalue weighted by Crippen LogP contribution is -2.28. The van der Waals surface area contributed by atoms with Gasteiger partial charge in [-0.1, -0.05) is 19.9 Å². The van der Waals surface area contributed by atoms with Crippen LogP contribution in [-0.4, -0.2) is 36.1 Å². The molecular formula is C13H23N3O. The lowest BCUT2D eigenvalue weighted by atomic mass is 10.2. The van der Waals surface area contributed by atoms with Crippen molar-refractivity contribution in [2.24, 2.45) is 5.73 Å². The van der Waals surface area contributed by atoms with E-state index in [4.69, 9.17) is 10.5 Å². The van der Waals surface area contributed by atoms with Crippen LogP contribution in [0.25, 0.3) is 0 Å². The smallest absolute Gasteiger partial charge is 0.213 e. The highest BCUT2D eigenvalue weighted by Gasteiger charge is 2.02. The van der Waals surface area contributed by atoms with Gasteiger partial charge in [-0.2, -0.15) is 0 Å². The minimum atomic E-state index is 0.526. The van der Waals surface area contributed by atoms with Gasteiger partial charge in [0.2, 0.25) is 5.88 Å². The highest BCUT2D eigenvalue weighted by Crippen LogP contribution is 2.11. The molecule has 0 aliphatic heterocycles. The topological polar surface area (TPSA) is 51.4 Å². The van der Waals surface area contributed by atoms with Crippen LogP contribution >= 0.6 is 0 Å². The Morgan fingerprint density at radius 3 is 2.53 bits per heavy atom. The predicted octanol–water partition coefficient (Wildman–Crippen LogP) is 1.57. The molecule has 0 fully saturated rings. The van der Waals surface area contributed by atoms with Crippen LogP contribution in [0.1, 0.15) is 25.1 Å². The second-order valence-electron chi connectivity index (χ2n) is 3.97. The Bertz CT molecular complexity index is 337. The summed E-state index contributed by atoms with van der Waals surface area (Å²) >= 11 is 0. The van der Waals surface area contributed by atoms with Crippen LogP contribution in [0.15, 0.2) is 12.1 Å². The molecule has 17 heavy (non-hydrogen) atoms. The molecule has 1 aromatic heterocycles. The third kappa shape index (κ3) is 4.32. The van der Waals surface area contributed by atoms with Crippen LogP contribution < -0.4 is 10.5 Å². The quantitative estimate of drug-likeness (QED) is 0.782. The van der Waals surface area contributed by atoms with Crippen molar-refractivity contribution < 1.29 is 4.74 Å². The van der Waals surface area contributed by atoms with Gasteiger partial charge in [-0.15, -0.1) is 0 Å². The molecule has 0 atom stereocenters. The van der Waals surface area contributed by atoms with Gasteiger partial charge in [0.25, 0.3) is 0 Å². The molecule has 0 aromatic carbocycles. The summed E-state index contributed by atoms with van der Waals surface area (Å²) in [4.78, 5) is 6.69. The summed E-state index contributed by atoms with van der Waals surface area (Å²) in [5.74, 6) is 0.687. The fourth-order valence-electron chi connectivity index (χ4n) is 1.68. The number of aromatic nitrogens is 1. The minimum absolute atomic E-state index is 0.526. The molecule has 0 radical (unpaired) electrons. The number of pyridine rings is 1. The zero-order valence-corrected chi connectivity index (χ0v) is 11.1. The monoisotopic (exact) mass is 237 g/mol. The third-order valence-electron chi connectivity index (χ3n) is 2.94. The van der Waals surface area contributed by atoms with Crippen molar-refractivity contribution in [3.63, 3.8) is 0 Å². The van der Waals surface area contributed by atoms with Gasteiger partial charge in [-0.05, 0) is 25.6 Å². The first kappa shape index (κ1) is 13.9. The number of nitrogens with zero attached hydrogens (tertiary/aromatic N) is 2. The molecule has 0 aliphatic carbocycles. The lowest BCUT2D eigenvalue weighted by Gasteiger charge is -2.17. The van der Waals surface area contributed by atoms with Crippen molar-refractivity contribution in [3.05, 3.63) is 23.4 Å². The number of aryl methyl sites for hydroxylation is 1. The van der Waals surface area contributed by atoms with E-state index in [9.17, 15) is 0 Å². The summed E-state index contributed by atoms with van der Waals surface area (Å²) in [7, 11) is 0. The maximum Gasteiger partial charge on any atom is 0.213 e. The number of nitrogens with two attached hydrogens (primary N) is 1. The van der Waals surface area contributed by atoms with Crippen molar-refractivity contribution in [3.8, 4) is 5.88 Å². The fourth-order valence-corrected chi connectivity index (χ4v) is 1.68. The van der Waals surface area contributed by atoms with Crippen LogP contribution in [0.5, 0.6) is 5.88 Å². The van der Waals surface area contributed by atoms with Crippen molar-refractivity contribution in [1.82, 2.24) is 9.88 Å². The van der Waals surface area contributed by atoms with Crippen LogP contribution in [0.2, 0.25) is 0 Å². The first-order valence-corrected chi connectivity index (χ1v) is 6.23. The van der Waals surface area contributed by atoms with Gasteiger partial charge in [0.1, 0.15) is 6.61 Å². The maximum atomic E-state index is 5.63. The Balaban J connectivity index is 2.44. The van der Waals surface area contributed by atoms with Gasteiger partial charge in [-0.3, -0.25) is 0 Å². The summed E-state index contributed by atoms with van der Waals surface area (Å²) < 4.78 is 5.63. The SMILES string of the molecule is CCN(CC)CCOc1ccc(CN)c(C)n1. The van der Waals surface area contributed by atoms with E-state index in [1.54, 1.807) is 0 Å². The number of ether oxygens (including phenoxy) is 1. The second-order valence-corrected chi connectivity index (χ2v) is 3.97. The Morgan fingerprint density at radius 1 is 1.29 bits per heavy atom. The Labute approximate surface area is 104 Å². The molecule has 0 saturated heterocycles. The standard InChI is InChI=1S/C13H23N3O/c1-4-16(5-2)8-9-17-13-7-6-12(10-14)11(3)15-13/h6-7H,4-5,8-10,14H2,1-3H3. The van der Waals surface area contributed by atoms with E-state index < -0.39 is 0 Å². The summed E-state index contributed by atoms with van der Waals surface area (Å²) in [5.41, 5.74) is 7.61. The Morgan fingerprint density at radius 2 is 2.00 bits per heavy atom. The van der Waals surface area contributed by atoms with Gasteiger partial charge >= 0.3 is 0 Å². The molecule has 1 rings (SSSR count). The molecule has 1 heterocycles. The molecule has 0 unspecified atom stereocenters. The molecule has 4 nitrogen and oxygen atoms in total. The van der Waals surface area contributed by atoms with E-state index in [-0.39, 0.29) is 0 Å². The van der Waals surface area contributed by atoms with E-state index in [0.29, 0.717) is 19.0 Å². The molecule has 0 amide bonds. The van der Waals surface area contributed by atoms with Gasteiger partial charge < -0.3 is 15.4 Å². The summed E-state index contributed by atoms with van der Waals surface area (Å²) in [6.07, 6.45) is 0. The Hall–Kier alpha value is -1.13. The normalized spacial score (nSPS) is 10.9. The number of rotatable bonds is 7. The fraction of sp³-hybridized carbons (Fsp3) is 0.615. The zero-order valence-electron chi connectivity index (χ0n) is 11.1. The molecule has 0 saturated carbocycles. The molecule has 96 valence electrons. The summed E-state index contributed by atoms with van der Waals surface area (Å²) in [5, 5.41) is 0. The molecule has 1 aromatic rings.